The van der Waals surface area contributed by atoms with Crippen molar-refractivity contribution in [2.45, 2.75) is 75.9 Å². The third-order valence-corrected chi connectivity index (χ3v) is 7.51. The molecule has 3 aliphatic rings. The molecular weight excluding hydrogens is 442 g/mol. The van der Waals surface area contributed by atoms with E-state index in [1.54, 1.807) is 6.07 Å². The molecule has 2 aliphatic carbocycles. The monoisotopic (exact) mass is 477 g/mol. The number of carboxylic acid groups (broad SMARTS) is 1. The van der Waals surface area contributed by atoms with E-state index in [1.807, 2.05) is 18.2 Å². The minimum Gasteiger partial charge on any atom is -0.480 e. The number of aryl methyl sites for hydroxylation is 2. The average molecular weight is 478 g/mol. The molecule has 0 radical (unpaired) electrons. The summed E-state index contributed by atoms with van der Waals surface area (Å²) in [6.45, 7) is 1.33. The lowest BCUT2D eigenvalue weighted by Gasteiger charge is -2.35. The number of nitrogens with one attached hydrogen (secondary N) is 2. The van der Waals surface area contributed by atoms with Crippen molar-refractivity contribution < 1.29 is 19.4 Å². The minimum absolute atomic E-state index is 0.179. The first-order valence-corrected chi connectivity index (χ1v) is 13.0. The predicted molar refractivity (Wildman–Crippen MR) is 134 cm³/mol. The van der Waals surface area contributed by atoms with E-state index in [0.717, 1.165) is 68.6 Å². The first-order valence-electron chi connectivity index (χ1n) is 13.0. The summed E-state index contributed by atoms with van der Waals surface area (Å²) in [6, 6.07) is 10.9. The Hall–Kier alpha value is -2.93. The van der Waals surface area contributed by atoms with Crippen molar-refractivity contribution in [3.05, 3.63) is 58.8 Å². The SMILES string of the molecule is O=C(N[C@@H](CCO[C@H]1C[C@H](CCc2ccc3c(n2)NCCC3)C1)C(=O)O)c1cccc(C2CC2)c1. The number of nitrogens with zero attached hydrogens (tertiary/aromatic N) is 1. The van der Waals surface area contributed by atoms with Gasteiger partial charge in [-0.15, -0.1) is 0 Å². The molecule has 2 saturated carbocycles. The summed E-state index contributed by atoms with van der Waals surface area (Å²) in [5.74, 6) is 0.858. The van der Waals surface area contributed by atoms with Crippen molar-refractivity contribution in [2.75, 3.05) is 18.5 Å². The fraction of sp³-hybridized carbons (Fsp3) is 0.536. The molecule has 2 fully saturated rings. The molecule has 1 atom stereocenters. The molecule has 5 rings (SSSR count). The number of hydrogen-bond donors (Lipinski definition) is 3. The second kappa shape index (κ2) is 10.8. The number of anilines is 1. The number of hydrogen-bond acceptors (Lipinski definition) is 5. The van der Waals surface area contributed by atoms with Gasteiger partial charge in [0.2, 0.25) is 0 Å². The van der Waals surface area contributed by atoms with Crippen molar-refractivity contribution in [3.8, 4) is 0 Å². The maximum absolute atomic E-state index is 12.6. The van der Waals surface area contributed by atoms with Crippen LogP contribution in [0.2, 0.25) is 0 Å². The van der Waals surface area contributed by atoms with Crippen molar-refractivity contribution in [2.24, 2.45) is 5.92 Å². The topological polar surface area (TPSA) is 101 Å². The number of carboxylic acids is 1. The number of benzene rings is 1. The van der Waals surface area contributed by atoms with Crippen LogP contribution in [-0.4, -0.2) is 47.3 Å². The molecule has 0 saturated heterocycles. The quantitative estimate of drug-likeness (QED) is 0.446. The van der Waals surface area contributed by atoms with Gasteiger partial charge in [-0.05, 0) is 92.5 Å². The van der Waals surface area contributed by atoms with E-state index in [1.165, 1.54) is 12.0 Å². The van der Waals surface area contributed by atoms with Crippen molar-refractivity contribution in [1.29, 1.82) is 0 Å². The van der Waals surface area contributed by atoms with Crippen molar-refractivity contribution in [3.63, 3.8) is 0 Å². The second-order valence-electron chi connectivity index (χ2n) is 10.3. The lowest BCUT2D eigenvalue weighted by molar-refractivity contribution is -0.140. The Balaban J connectivity index is 1.01. The number of aliphatic carboxylic acids is 1. The summed E-state index contributed by atoms with van der Waals surface area (Å²) in [7, 11) is 0. The Bertz CT molecular complexity index is 1060. The van der Waals surface area contributed by atoms with Gasteiger partial charge in [-0.2, -0.15) is 0 Å². The van der Waals surface area contributed by atoms with E-state index in [9.17, 15) is 14.7 Å². The molecule has 1 aromatic carbocycles. The van der Waals surface area contributed by atoms with Crippen LogP contribution in [0.25, 0.3) is 0 Å². The fourth-order valence-corrected chi connectivity index (χ4v) is 5.11. The van der Waals surface area contributed by atoms with Crippen LogP contribution in [0.1, 0.15) is 78.0 Å². The molecule has 0 unspecified atom stereocenters. The largest absolute Gasteiger partial charge is 0.480 e. The van der Waals surface area contributed by atoms with Crippen LogP contribution in [0.15, 0.2) is 36.4 Å². The number of fused-ring (bicyclic) bond motifs is 1. The van der Waals surface area contributed by atoms with Gasteiger partial charge < -0.3 is 20.5 Å². The molecule has 2 aromatic rings. The highest BCUT2D eigenvalue weighted by atomic mass is 16.5. The summed E-state index contributed by atoms with van der Waals surface area (Å²) >= 11 is 0. The number of ether oxygens (including phenoxy) is 1. The van der Waals surface area contributed by atoms with Gasteiger partial charge in [0.1, 0.15) is 11.9 Å². The van der Waals surface area contributed by atoms with Gasteiger partial charge >= 0.3 is 5.97 Å². The summed E-state index contributed by atoms with van der Waals surface area (Å²) in [5, 5.41) is 15.6. The number of pyridine rings is 1. The van der Waals surface area contributed by atoms with Gasteiger partial charge in [-0.3, -0.25) is 4.79 Å². The van der Waals surface area contributed by atoms with Crippen LogP contribution in [0, 0.1) is 5.92 Å². The number of carbonyl (C=O) groups excluding carboxylic acids is 1. The molecule has 3 N–H and O–H groups in total. The van der Waals surface area contributed by atoms with Crippen LogP contribution in [0.3, 0.4) is 0 Å². The smallest absolute Gasteiger partial charge is 0.326 e. The summed E-state index contributed by atoms with van der Waals surface area (Å²) in [6.07, 6.45) is 9.11. The molecule has 1 aromatic heterocycles. The van der Waals surface area contributed by atoms with Crippen LogP contribution in [0.5, 0.6) is 0 Å². The van der Waals surface area contributed by atoms with Crippen LogP contribution < -0.4 is 10.6 Å². The summed E-state index contributed by atoms with van der Waals surface area (Å²) < 4.78 is 5.92. The zero-order valence-corrected chi connectivity index (χ0v) is 20.2. The van der Waals surface area contributed by atoms with E-state index in [2.05, 4.69) is 22.8 Å². The molecule has 186 valence electrons. The van der Waals surface area contributed by atoms with Gasteiger partial charge in [0.15, 0.2) is 0 Å². The summed E-state index contributed by atoms with van der Waals surface area (Å²) in [5.41, 5.74) is 4.14. The van der Waals surface area contributed by atoms with Crippen molar-refractivity contribution >= 4 is 17.7 Å². The number of amides is 1. The first kappa shape index (κ1) is 23.8. The molecule has 7 heteroatoms. The molecule has 0 spiro atoms. The standard InChI is InChI=1S/C28H35N3O4/c32-27(22-4-1-3-21(17-22)19-7-8-19)31-25(28(33)34)12-14-35-24-15-18(16-24)6-10-23-11-9-20-5-2-13-29-26(20)30-23/h1,3-4,9,11,17-19,24-25H,2,5-8,10,12-16H2,(H,29,30)(H,31,32)(H,33,34)/t18-,24-,25-/m0/s1. The zero-order chi connectivity index (χ0) is 24.2. The lowest BCUT2D eigenvalue weighted by atomic mass is 9.79. The molecule has 0 bridgehead atoms. The highest BCUT2D eigenvalue weighted by Gasteiger charge is 2.30. The van der Waals surface area contributed by atoms with Gasteiger partial charge in [0.05, 0.1) is 6.10 Å². The highest BCUT2D eigenvalue weighted by molar-refractivity contribution is 5.96. The van der Waals surface area contributed by atoms with Gasteiger partial charge in [0, 0.05) is 30.8 Å². The predicted octanol–water partition coefficient (Wildman–Crippen LogP) is 4.32. The maximum Gasteiger partial charge on any atom is 0.326 e. The van der Waals surface area contributed by atoms with E-state index < -0.39 is 12.0 Å². The molecular formula is C28H35N3O4. The Labute approximate surface area is 206 Å². The van der Waals surface area contributed by atoms with E-state index in [4.69, 9.17) is 9.72 Å². The average Bonchev–Trinajstić information content (AvgIpc) is 3.69. The number of carbonyl (C=O) groups is 2. The zero-order valence-electron chi connectivity index (χ0n) is 20.2. The minimum atomic E-state index is -1.03. The normalized spacial score (nSPS) is 21.8. The lowest BCUT2D eigenvalue weighted by Crippen LogP contribution is -2.42. The van der Waals surface area contributed by atoms with E-state index >= 15 is 0 Å². The third-order valence-electron chi connectivity index (χ3n) is 7.51. The fourth-order valence-electron chi connectivity index (χ4n) is 5.11. The molecule has 7 nitrogen and oxygen atoms in total. The van der Waals surface area contributed by atoms with Crippen LogP contribution in [0.4, 0.5) is 5.82 Å². The second-order valence-corrected chi connectivity index (χ2v) is 10.3. The molecule has 2 heterocycles. The van der Waals surface area contributed by atoms with Crippen LogP contribution in [-0.2, 0) is 22.4 Å². The Morgan fingerprint density at radius 1 is 1.20 bits per heavy atom. The Morgan fingerprint density at radius 3 is 2.86 bits per heavy atom. The Kier molecular flexibility index (Phi) is 7.32. The van der Waals surface area contributed by atoms with Gasteiger partial charge in [0.25, 0.3) is 5.91 Å². The summed E-state index contributed by atoms with van der Waals surface area (Å²) in [4.78, 5) is 29.1. The molecule has 1 aliphatic heterocycles. The van der Waals surface area contributed by atoms with Crippen LogP contribution >= 0.6 is 0 Å². The molecule has 35 heavy (non-hydrogen) atoms. The first-order chi connectivity index (χ1) is 17.0. The van der Waals surface area contributed by atoms with E-state index in [0.29, 0.717) is 24.0 Å². The maximum atomic E-state index is 12.6. The van der Waals surface area contributed by atoms with Gasteiger partial charge in [-0.1, -0.05) is 18.2 Å². The Morgan fingerprint density at radius 2 is 2.06 bits per heavy atom. The third kappa shape index (κ3) is 6.20. The highest BCUT2D eigenvalue weighted by Crippen LogP contribution is 2.40. The number of rotatable bonds is 11. The molecule has 1 amide bonds. The number of aromatic nitrogens is 1. The van der Waals surface area contributed by atoms with Crippen molar-refractivity contribution in [1.82, 2.24) is 10.3 Å². The van der Waals surface area contributed by atoms with E-state index in [-0.39, 0.29) is 18.4 Å². The van der Waals surface area contributed by atoms with Gasteiger partial charge in [-0.25, -0.2) is 9.78 Å².